The largest absolute Gasteiger partial charge is 0.310 e. The highest BCUT2D eigenvalue weighted by Crippen LogP contribution is 2.08. The molecule has 5 nitrogen and oxygen atoms in total. The molecule has 0 aliphatic rings. The van der Waals surface area contributed by atoms with Crippen LogP contribution in [0.25, 0.3) is 5.69 Å². The zero-order valence-corrected chi connectivity index (χ0v) is 10.3. The van der Waals surface area contributed by atoms with Crippen LogP contribution in [0.4, 0.5) is 0 Å². The van der Waals surface area contributed by atoms with E-state index >= 15 is 0 Å². The van der Waals surface area contributed by atoms with Gasteiger partial charge < -0.3 is 5.32 Å². The van der Waals surface area contributed by atoms with Crippen LogP contribution in [0.2, 0.25) is 0 Å². The Balaban J connectivity index is 2.15. The van der Waals surface area contributed by atoms with Gasteiger partial charge in [-0.25, -0.2) is 4.68 Å². The lowest BCUT2D eigenvalue weighted by Gasteiger charge is -2.05. The van der Waals surface area contributed by atoms with Crippen molar-refractivity contribution >= 4 is 5.78 Å². The Morgan fingerprint density at radius 1 is 1.33 bits per heavy atom. The van der Waals surface area contributed by atoms with E-state index in [0.29, 0.717) is 12.2 Å². The van der Waals surface area contributed by atoms with Crippen molar-refractivity contribution in [2.45, 2.75) is 13.3 Å². The number of benzene rings is 1. The first-order valence-corrected chi connectivity index (χ1v) is 6.03. The number of nitrogens with one attached hydrogen (secondary N) is 1. The molecule has 1 aromatic heterocycles. The molecule has 1 heterocycles. The summed E-state index contributed by atoms with van der Waals surface area (Å²) >= 11 is 0. The van der Waals surface area contributed by atoms with Gasteiger partial charge in [0, 0.05) is 0 Å². The van der Waals surface area contributed by atoms with Crippen molar-refractivity contribution in [2.75, 3.05) is 13.1 Å². The first-order chi connectivity index (χ1) is 8.83. The van der Waals surface area contributed by atoms with Gasteiger partial charge in [0.2, 0.25) is 0 Å². The molecule has 2 aromatic rings. The fourth-order valence-corrected chi connectivity index (χ4v) is 1.65. The molecule has 1 N–H and O–H groups in total. The Morgan fingerprint density at radius 3 is 2.83 bits per heavy atom. The number of hydrogen-bond donors (Lipinski definition) is 1. The van der Waals surface area contributed by atoms with Crippen LogP contribution in [0.15, 0.2) is 36.5 Å². The minimum absolute atomic E-state index is 0.00250. The number of Topliss-reactive ketones (excluding diaryl/α,β-unsaturated/α-hetero) is 1. The summed E-state index contributed by atoms with van der Waals surface area (Å²) in [4.78, 5) is 12.0. The van der Waals surface area contributed by atoms with Crippen molar-refractivity contribution in [3.8, 4) is 5.69 Å². The van der Waals surface area contributed by atoms with Gasteiger partial charge >= 0.3 is 0 Å². The minimum atomic E-state index is -0.00250. The highest BCUT2D eigenvalue weighted by atomic mass is 16.1. The summed E-state index contributed by atoms with van der Waals surface area (Å²) in [5.41, 5.74) is 1.35. The Kier molecular flexibility index (Phi) is 4.20. The number of rotatable bonds is 6. The maximum Gasteiger partial charge on any atom is 0.196 e. The van der Waals surface area contributed by atoms with Crippen LogP contribution in [-0.2, 0) is 0 Å². The summed E-state index contributed by atoms with van der Waals surface area (Å²) in [6.07, 6.45) is 2.51. The topological polar surface area (TPSA) is 59.8 Å². The third-order valence-corrected chi connectivity index (χ3v) is 2.55. The lowest BCUT2D eigenvalue weighted by molar-refractivity contribution is 0.0984. The number of carbonyl (C=O) groups is 1. The fourth-order valence-electron chi connectivity index (χ4n) is 1.65. The third kappa shape index (κ3) is 2.81. The predicted octanol–water partition coefficient (Wildman–Crippen LogP) is 1.45. The van der Waals surface area contributed by atoms with Crippen molar-refractivity contribution < 1.29 is 4.79 Å². The van der Waals surface area contributed by atoms with E-state index in [1.165, 1.54) is 6.20 Å². The van der Waals surface area contributed by atoms with E-state index in [0.717, 1.165) is 18.7 Å². The Morgan fingerprint density at radius 2 is 2.11 bits per heavy atom. The molecule has 0 spiro atoms. The van der Waals surface area contributed by atoms with Gasteiger partial charge in [-0.05, 0) is 25.1 Å². The van der Waals surface area contributed by atoms with Crippen LogP contribution in [0.3, 0.4) is 0 Å². The van der Waals surface area contributed by atoms with Crippen molar-refractivity contribution in [1.29, 1.82) is 0 Å². The molecule has 0 amide bonds. The number of carbonyl (C=O) groups excluding carboxylic acids is 1. The van der Waals surface area contributed by atoms with Crippen molar-refractivity contribution in [1.82, 2.24) is 20.3 Å². The molecule has 2 rings (SSSR count). The molecule has 0 aliphatic heterocycles. The molecule has 94 valence electrons. The van der Waals surface area contributed by atoms with Crippen LogP contribution in [0.1, 0.15) is 23.8 Å². The molecule has 0 radical (unpaired) electrons. The van der Waals surface area contributed by atoms with Crippen LogP contribution < -0.4 is 5.32 Å². The van der Waals surface area contributed by atoms with E-state index in [4.69, 9.17) is 0 Å². The fraction of sp³-hybridized carbons (Fsp3) is 0.308. The molecule has 18 heavy (non-hydrogen) atoms. The molecule has 0 unspecified atom stereocenters. The van der Waals surface area contributed by atoms with Crippen molar-refractivity contribution in [3.05, 3.63) is 42.2 Å². The molecule has 0 fully saturated rings. The quantitative estimate of drug-likeness (QED) is 0.617. The molecular weight excluding hydrogens is 228 g/mol. The molecule has 1 aromatic carbocycles. The van der Waals surface area contributed by atoms with Crippen LogP contribution in [0, 0.1) is 0 Å². The summed E-state index contributed by atoms with van der Waals surface area (Å²) in [6.45, 7) is 3.21. The zero-order chi connectivity index (χ0) is 12.8. The second-order valence-electron chi connectivity index (χ2n) is 3.97. The van der Waals surface area contributed by atoms with Gasteiger partial charge in [-0.2, -0.15) is 0 Å². The molecule has 0 atom stereocenters. The van der Waals surface area contributed by atoms with Gasteiger partial charge in [0.15, 0.2) is 5.78 Å². The number of hydrogen-bond acceptors (Lipinski definition) is 4. The molecule has 0 saturated heterocycles. The standard InChI is InChI=1S/C13H16N4O/c1-2-8-14-10-13(18)12-9-15-16-17(12)11-6-4-3-5-7-11/h3-7,9,14H,2,8,10H2,1H3. The van der Waals surface area contributed by atoms with E-state index < -0.39 is 0 Å². The molecule has 0 aliphatic carbocycles. The van der Waals surface area contributed by atoms with Gasteiger partial charge in [0.25, 0.3) is 0 Å². The highest BCUT2D eigenvalue weighted by Gasteiger charge is 2.13. The monoisotopic (exact) mass is 244 g/mol. The normalized spacial score (nSPS) is 10.5. The van der Waals surface area contributed by atoms with Crippen LogP contribution in [0.5, 0.6) is 0 Å². The van der Waals surface area contributed by atoms with E-state index in [9.17, 15) is 4.79 Å². The summed E-state index contributed by atoms with van der Waals surface area (Å²) in [5.74, 6) is -0.00250. The van der Waals surface area contributed by atoms with Crippen molar-refractivity contribution in [2.24, 2.45) is 0 Å². The smallest absolute Gasteiger partial charge is 0.196 e. The number of para-hydroxylation sites is 1. The van der Waals surface area contributed by atoms with Gasteiger partial charge in [0.05, 0.1) is 18.4 Å². The van der Waals surface area contributed by atoms with Crippen molar-refractivity contribution in [3.63, 3.8) is 0 Å². The van der Waals surface area contributed by atoms with Crippen LogP contribution >= 0.6 is 0 Å². The summed E-state index contributed by atoms with van der Waals surface area (Å²) in [5, 5.41) is 10.8. The first-order valence-electron chi connectivity index (χ1n) is 6.03. The molecular formula is C13H16N4O. The molecule has 5 heteroatoms. The van der Waals surface area contributed by atoms with E-state index in [2.05, 4.69) is 22.6 Å². The SMILES string of the molecule is CCCNCC(=O)c1cnnn1-c1ccccc1. The third-order valence-electron chi connectivity index (χ3n) is 2.55. The van der Waals surface area contributed by atoms with Gasteiger partial charge in [-0.15, -0.1) is 5.10 Å². The summed E-state index contributed by atoms with van der Waals surface area (Å²) in [6, 6.07) is 9.52. The van der Waals surface area contributed by atoms with Gasteiger partial charge in [-0.3, -0.25) is 4.79 Å². The lowest BCUT2D eigenvalue weighted by Crippen LogP contribution is -2.25. The second-order valence-corrected chi connectivity index (χ2v) is 3.97. The average Bonchev–Trinajstić information content (AvgIpc) is 2.89. The van der Waals surface area contributed by atoms with E-state index in [-0.39, 0.29) is 5.78 Å². The number of ketones is 1. The average molecular weight is 244 g/mol. The predicted molar refractivity (Wildman–Crippen MR) is 68.9 cm³/mol. The lowest BCUT2D eigenvalue weighted by atomic mass is 10.2. The van der Waals surface area contributed by atoms with Gasteiger partial charge in [0.1, 0.15) is 5.69 Å². The zero-order valence-electron chi connectivity index (χ0n) is 10.3. The Hall–Kier alpha value is -2.01. The second kappa shape index (κ2) is 6.07. The molecule has 0 saturated carbocycles. The Labute approximate surface area is 106 Å². The number of aromatic nitrogens is 3. The highest BCUT2D eigenvalue weighted by molar-refractivity contribution is 5.96. The van der Waals surface area contributed by atoms with E-state index in [1.54, 1.807) is 4.68 Å². The maximum absolute atomic E-state index is 12.0. The Bertz CT molecular complexity index is 507. The van der Waals surface area contributed by atoms with E-state index in [1.807, 2.05) is 30.3 Å². The minimum Gasteiger partial charge on any atom is -0.310 e. The number of nitrogens with zero attached hydrogens (tertiary/aromatic N) is 3. The summed E-state index contributed by atoms with van der Waals surface area (Å²) in [7, 11) is 0. The molecule has 0 bridgehead atoms. The van der Waals surface area contributed by atoms with Gasteiger partial charge in [-0.1, -0.05) is 30.3 Å². The summed E-state index contributed by atoms with van der Waals surface area (Å²) < 4.78 is 1.57. The first kappa shape index (κ1) is 12.4. The van der Waals surface area contributed by atoms with Crippen LogP contribution in [-0.4, -0.2) is 33.9 Å². The maximum atomic E-state index is 12.0.